The number of aromatic nitrogens is 4. The quantitative estimate of drug-likeness (QED) is 0.681. The molecule has 0 aliphatic heterocycles. The fraction of sp³-hybridized carbons (Fsp3) is 0.583. The molecule has 120 valence electrons. The largest absolute Gasteiger partial charge is 0.369 e. The first kappa shape index (κ1) is 17.2. The van der Waals surface area contributed by atoms with Crippen LogP contribution in [-0.2, 0) is 11.2 Å². The number of nitrogens with two attached hydrogens (primary N) is 1. The van der Waals surface area contributed by atoms with E-state index in [1.165, 1.54) is 34.9 Å². The van der Waals surface area contributed by atoms with E-state index in [1.807, 2.05) is 6.92 Å². The molecule has 0 bridgehead atoms. The van der Waals surface area contributed by atoms with Crippen molar-refractivity contribution in [3.05, 3.63) is 11.7 Å². The molecule has 2 aromatic heterocycles. The molecular weight excluding hydrogens is 342 g/mol. The SMILES string of the molecule is CCCCc1noc(C(C)Sc2nnc(SCC(N)=O)s2)n1. The van der Waals surface area contributed by atoms with Crippen LogP contribution in [0.3, 0.4) is 0 Å². The van der Waals surface area contributed by atoms with Crippen molar-refractivity contribution in [1.29, 1.82) is 0 Å². The van der Waals surface area contributed by atoms with Crippen molar-refractivity contribution < 1.29 is 9.32 Å². The van der Waals surface area contributed by atoms with E-state index in [4.69, 9.17) is 10.3 Å². The Morgan fingerprint density at radius 2 is 2.18 bits per heavy atom. The van der Waals surface area contributed by atoms with Gasteiger partial charge in [-0.25, -0.2) is 0 Å². The van der Waals surface area contributed by atoms with Crippen LogP contribution in [0, 0.1) is 0 Å². The molecule has 0 spiro atoms. The van der Waals surface area contributed by atoms with Gasteiger partial charge < -0.3 is 10.3 Å². The van der Waals surface area contributed by atoms with Gasteiger partial charge in [0, 0.05) is 6.42 Å². The Kier molecular flexibility index (Phi) is 6.65. The molecule has 1 amide bonds. The van der Waals surface area contributed by atoms with Crippen molar-refractivity contribution in [3.63, 3.8) is 0 Å². The molecule has 10 heteroatoms. The Morgan fingerprint density at radius 1 is 1.41 bits per heavy atom. The fourth-order valence-corrected chi connectivity index (χ4v) is 4.44. The molecule has 22 heavy (non-hydrogen) atoms. The van der Waals surface area contributed by atoms with Crippen LogP contribution in [0.5, 0.6) is 0 Å². The molecule has 7 nitrogen and oxygen atoms in total. The fourth-order valence-electron chi connectivity index (χ4n) is 1.51. The summed E-state index contributed by atoms with van der Waals surface area (Å²) in [7, 11) is 0. The van der Waals surface area contributed by atoms with E-state index in [9.17, 15) is 4.79 Å². The second-order valence-corrected chi connectivity index (χ2v) is 8.29. The highest BCUT2D eigenvalue weighted by Crippen LogP contribution is 2.37. The van der Waals surface area contributed by atoms with Crippen LogP contribution >= 0.6 is 34.9 Å². The second-order valence-electron chi connectivity index (χ2n) is 4.50. The van der Waals surface area contributed by atoms with E-state index < -0.39 is 0 Å². The van der Waals surface area contributed by atoms with Crippen LogP contribution in [0.2, 0.25) is 0 Å². The summed E-state index contributed by atoms with van der Waals surface area (Å²) in [6.07, 6.45) is 2.99. The van der Waals surface area contributed by atoms with Crippen LogP contribution in [0.1, 0.15) is 43.7 Å². The summed E-state index contributed by atoms with van der Waals surface area (Å²) >= 11 is 4.22. The third-order valence-electron chi connectivity index (χ3n) is 2.59. The van der Waals surface area contributed by atoms with Gasteiger partial charge >= 0.3 is 0 Å². The van der Waals surface area contributed by atoms with Crippen molar-refractivity contribution >= 4 is 40.8 Å². The zero-order valence-corrected chi connectivity index (χ0v) is 14.8. The maximum absolute atomic E-state index is 10.7. The molecule has 0 saturated heterocycles. The monoisotopic (exact) mass is 359 g/mol. The lowest BCUT2D eigenvalue weighted by Crippen LogP contribution is -2.12. The molecule has 2 aromatic rings. The van der Waals surface area contributed by atoms with Crippen molar-refractivity contribution in [3.8, 4) is 0 Å². The average molecular weight is 360 g/mol. The number of primary amides is 1. The first-order chi connectivity index (χ1) is 10.6. The summed E-state index contributed by atoms with van der Waals surface area (Å²) in [5.74, 6) is 1.18. The Hall–Kier alpha value is -1.13. The number of amides is 1. The Bertz CT molecular complexity index is 615. The third kappa shape index (κ3) is 5.25. The zero-order chi connectivity index (χ0) is 15.9. The molecule has 1 unspecified atom stereocenters. The first-order valence-electron chi connectivity index (χ1n) is 6.82. The Labute approximate surface area is 140 Å². The minimum Gasteiger partial charge on any atom is -0.369 e. The third-order valence-corrected chi connectivity index (χ3v) is 5.84. The lowest BCUT2D eigenvalue weighted by Gasteiger charge is -2.01. The van der Waals surface area contributed by atoms with Gasteiger partial charge in [0.05, 0.1) is 11.0 Å². The number of nitrogens with zero attached hydrogens (tertiary/aromatic N) is 4. The molecule has 0 aliphatic carbocycles. The van der Waals surface area contributed by atoms with Crippen molar-refractivity contribution in [2.45, 2.75) is 47.0 Å². The van der Waals surface area contributed by atoms with Gasteiger partial charge in [-0.15, -0.1) is 10.2 Å². The first-order valence-corrected chi connectivity index (χ1v) is 9.50. The predicted octanol–water partition coefficient (Wildman–Crippen LogP) is 2.69. The highest BCUT2D eigenvalue weighted by atomic mass is 32.2. The Balaban J connectivity index is 1.89. The zero-order valence-electron chi connectivity index (χ0n) is 12.3. The van der Waals surface area contributed by atoms with E-state index in [0.717, 1.165) is 33.8 Å². The summed E-state index contributed by atoms with van der Waals surface area (Å²) in [4.78, 5) is 15.1. The molecule has 2 heterocycles. The predicted molar refractivity (Wildman–Crippen MR) is 87.0 cm³/mol. The van der Waals surface area contributed by atoms with E-state index in [-0.39, 0.29) is 16.9 Å². The van der Waals surface area contributed by atoms with Crippen LogP contribution < -0.4 is 5.73 Å². The van der Waals surface area contributed by atoms with Gasteiger partial charge in [-0.05, 0) is 13.3 Å². The topological polar surface area (TPSA) is 108 Å². The average Bonchev–Trinajstić information content (AvgIpc) is 3.12. The molecule has 2 N–H and O–H groups in total. The second kappa shape index (κ2) is 8.49. The van der Waals surface area contributed by atoms with Crippen LogP contribution in [-0.4, -0.2) is 32.0 Å². The molecule has 2 rings (SSSR count). The summed E-state index contributed by atoms with van der Waals surface area (Å²) < 4.78 is 6.81. The summed E-state index contributed by atoms with van der Waals surface area (Å²) in [6, 6.07) is 0. The number of aryl methyl sites for hydroxylation is 1. The lowest BCUT2D eigenvalue weighted by molar-refractivity contribution is -0.115. The van der Waals surface area contributed by atoms with Gasteiger partial charge in [0.15, 0.2) is 14.5 Å². The van der Waals surface area contributed by atoms with Crippen molar-refractivity contribution in [2.24, 2.45) is 5.73 Å². The number of hydrogen-bond acceptors (Lipinski definition) is 9. The number of thioether (sulfide) groups is 2. The summed E-state index contributed by atoms with van der Waals surface area (Å²) in [6.45, 7) is 4.11. The van der Waals surface area contributed by atoms with Crippen molar-refractivity contribution in [2.75, 3.05) is 5.75 Å². The molecule has 0 saturated carbocycles. The maximum Gasteiger partial charge on any atom is 0.239 e. The van der Waals surface area contributed by atoms with E-state index in [0.29, 0.717) is 5.89 Å². The lowest BCUT2D eigenvalue weighted by atomic mass is 10.2. The normalized spacial score (nSPS) is 12.5. The van der Waals surface area contributed by atoms with Crippen molar-refractivity contribution in [1.82, 2.24) is 20.3 Å². The van der Waals surface area contributed by atoms with E-state index in [1.54, 1.807) is 0 Å². The molecular formula is C12H17N5O2S3. The van der Waals surface area contributed by atoms with Gasteiger partial charge in [0.1, 0.15) is 0 Å². The number of carbonyl (C=O) groups excluding carboxylic acids is 1. The van der Waals surface area contributed by atoms with E-state index in [2.05, 4.69) is 27.3 Å². The molecule has 0 radical (unpaired) electrons. The van der Waals surface area contributed by atoms with Crippen LogP contribution in [0.4, 0.5) is 0 Å². The van der Waals surface area contributed by atoms with Gasteiger partial charge in [-0.1, -0.05) is 53.4 Å². The molecule has 0 aromatic carbocycles. The molecule has 0 aliphatic rings. The molecule has 0 fully saturated rings. The van der Waals surface area contributed by atoms with Gasteiger partial charge in [-0.2, -0.15) is 4.98 Å². The smallest absolute Gasteiger partial charge is 0.239 e. The molecule has 1 atom stereocenters. The minimum atomic E-state index is -0.367. The van der Waals surface area contributed by atoms with E-state index >= 15 is 0 Å². The Morgan fingerprint density at radius 3 is 2.91 bits per heavy atom. The number of hydrogen-bond donors (Lipinski definition) is 1. The number of carbonyl (C=O) groups is 1. The minimum absolute atomic E-state index is 0.00446. The number of rotatable bonds is 9. The standard InChI is InChI=1S/C12H17N5O2S3/c1-3-4-5-9-14-10(19-17-9)7(2)21-12-16-15-11(22-12)20-6-8(13)18/h7H,3-6H2,1-2H3,(H2,13,18). The maximum atomic E-state index is 10.7. The van der Waals surface area contributed by atoms with Crippen LogP contribution in [0.25, 0.3) is 0 Å². The van der Waals surface area contributed by atoms with Gasteiger partial charge in [-0.3, -0.25) is 4.79 Å². The van der Waals surface area contributed by atoms with Gasteiger partial charge in [0.2, 0.25) is 11.8 Å². The number of unbranched alkanes of at least 4 members (excludes halogenated alkanes) is 1. The van der Waals surface area contributed by atoms with Crippen LogP contribution in [0.15, 0.2) is 13.2 Å². The van der Waals surface area contributed by atoms with Gasteiger partial charge in [0.25, 0.3) is 0 Å². The summed E-state index contributed by atoms with van der Waals surface area (Å²) in [5.41, 5.74) is 5.10. The highest BCUT2D eigenvalue weighted by molar-refractivity contribution is 8.03. The highest BCUT2D eigenvalue weighted by Gasteiger charge is 2.18. The summed E-state index contributed by atoms with van der Waals surface area (Å²) in [5, 5.41) is 12.1.